The van der Waals surface area contributed by atoms with Crippen LogP contribution in [-0.2, 0) is 9.59 Å². The molecule has 0 bridgehead atoms. The molecule has 3 fully saturated rings. The van der Waals surface area contributed by atoms with Gasteiger partial charge in [0.15, 0.2) is 0 Å². The number of likely N-dealkylation sites (tertiary alicyclic amines) is 1. The highest BCUT2D eigenvalue weighted by atomic mass is 16.2. The van der Waals surface area contributed by atoms with Crippen molar-refractivity contribution in [1.29, 1.82) is 5.26 Å². The molecule has 0 aliphatic carbocycles. The van der Waals surface area contributed by atoms with Crippen molar-refractivity contribution >= 4 is 28.8 Å². The fourth-order valence-electron chi connectivity index (χ4n) is 8.20. The zero-order valence-corrected chi connectivity index (χ0v) is 31.2. The maximum atomic E-state index is 13.3. The number of piperazine rings is 2. The number of fused-ring (bicyclic) bond motifs is 1. The number of carbonyl (C=O) groups is 2. The van der Waals surface area contributed by atoms with Gasteiger partial charge in [0.05, 0.1) is 23.8 Å². The topological polar surface area (TPSA) is 104 Å². The van der Waals surface area contributed by atoms with Gasteiger partial charge < -0.3 is 19.6 Å². The lowest BCUT2D eigenvalue weighted by molar-refractivity contribution is -0.133. The Bertz CT molecular complexity index is 2150. The highest BCUT2D eigenvalue weighted by molar-refractivity contribution is 5.88. The van der Waals surface area contributed by atoms with E-state index in [0.717, 1.165) is 104 Å². The molecule has 8 rings (SSSR count). The zero-order valence-electron chi connectivity index (χ0n) is 31.2. The third-order valence-corrected chi connectivity index (χ3v) is 11.5. The number of benzene rings is 2. The van der Waals surface area contributed by atoms with E-state index in [1.807, 2.05) is 28.3 Å². The Kier molecular flexibility index (Phi) is 10.0. The molecule has 2 aromatic carbocycles. The lowest BCUT2D eigenvalue weighted by Gasteiger charge is -2.38. The summed E-state index contributed by atoms with van der Waals surface area (Å²) in [6.45, 7) is 12.1. The maximum absolute atomic E-state index is 13.3. The van der Waals surface area contributed by atoms with Crippen LogP contribution < -0.4 is 9.80 Å². The van der Waals surface area contributed by atoms with Crippen molar-refractivity contribution in [2.45, 2.75) is 32.6 Å². The summed E-state index contributed by atoms with van der Waals surface area (Å²) in [5.41, 5.74) is 8.94. The molecule has 3 saturated heterocycles. The van der Waals surface area contributed by atoms with E-state index in [1.54, 1.807) is 17.6 Å². The Morgan fingerprint density at radius 3 is 2.07 bits per heavy atom. The second kappa shape index (κ2) is 15.3. The first-order valence-electron chi connectivity index (χ1n) is 19.1. The number of rotatable bonds is 7. The molecule has 0 spiro atoms. The SMILES string of the molecule is CC(=O)N1CCN(c2ccc(-c3cc(-c4ccc(N5CCN(C(=O)CN6CCC(c7ccc(C)cc7)CC6)CC5)cc4)cn4ncc(C#N)c34)cn2)CC1. The van der Waals surface area contributed by atoms with Crippen LogP contribution in [0.4, 0.5) is 11.5 Å². The van der Waals surface area contributed by atoms with E-state index < -0.39 is 0 Å². The first kappa shape index (κ1) is 35.3. The summed E-state index contributed by atoms with van der Waals surface area (Å²) < 4.78 is 1.79. The molecule has 54 heavy (non-hydrogen) atoms. The molecule has 0 saturated carbocycles. The Hall–Kier alpha value is -5.73. The van der Waals surface area contributed by atoms with E-state index in [4.69, 9.17) is 4.98 Å². The predicted octanol–water partition coefficient (Wildman–Crippen LogP) is 5.44. The molecule has 0 atom stereocenters. The molecule has 11 heteroatoms. The van der Waals surface area contributed by atoms with Crippen LogP contribution >= 0.6 is 0 Å². The molecule has 3 aromatic heterocycles. The number of anilines is 2. The number of nitriles is 1. The minimum absolute atomic E-state index is 0.105. The number of carbonyl (C=O) groups excluding carboxylic acids is 2. The second-order valence-corrected chi connectivity index (χ2v) is 14.9. The molecule has 276 valence electrons. The highest BCUT2D eigenvalue weighted by Gasteiger charge is 2.27. The number of aryl methyl sites for hydroxylation is 1. The summed E-state index contributed by atoms with van der Waals surface area (Å²) in [5, 5.41) is 14.4. The first-order chi connectivity index (χ1) is 26.3. The van der Waals surface area contributed by atoms with Gasteiger partial charge in [-0.3, -0.25) is 14.5 Å². The molecule has 0 radical (unpaired) electrons. The average molecular weight is 722 g/mol. The summed E-state index contributed by atoms with van der Waals surface area (Å²) in [4.78, 5) is 40.6. The van der Waals surface area contributed by atoms with Crippen molar-refractivity contribution in [3.05, 3.63) is 102 Å². The Morgan fingerprint density at radius 1 is 0.759 bits per heavy atom. The van der Waals surface area contributed by atoms with Crippen molar-refractivity contribution in [2.24, 2.45) is 0 Å². The number of piperidine rings is 1. The van der Waals surface area contributed by atoms with Gasteiger partial charge in [-0.25, -0.2) is 9.50 Å². The predicted molar refractivity (Wildman–Crippen MR) is 211 cm³/mol. The third kappa shape index (κ3) is 7.39. The van der Waals surface area contributed by atoms with E-state index in [1.165, 1.54) is 11.1 Å². The summed E-state index contributed by atoms with van der Waals surface area (Å²) >= 11 is 0. The van der Waals surface area contributed by atoms with Gasteiger partial charge in [-0.2, -0.15) is 10.4 Å². The van der Waals surface area contributed by atoms with Gasteiger partial charge in [0, 0.05) is 94.1 Å². The monoisotopic (exact) mass is 721 g/mol. The fourth-order valence-corrected chi connectivity index (χ4v) is 8.20. The molecule has 11 nitrogen and oxygen atoms in total. The average Bonchev–Trinajstić information content (AvgIpc) is 3.65. The number of aromatic nitrogens is 3. The van der Waals surface area contributed by atoms with Crippen LogP contribution in [0.1, 0.15) is 42.4 Å². The van der Waals surface area contributed by atoms with Gasteiger partial charge >= 0.3 is 0 Å². The van der Waals surface area contributed by atoms with Crippen molar-refractivity contribution in [1.82, 2.24) is 29.3 Å². The number of pyridine rings is 2. The minimum atomic E-state index is 0.105. The van der Waals surface area contributed by atoms with Gasteiger partial charge in [-0.05, 0) is 80.2 Å². The summed E-state index contributed by atoms with van der Waals surface area (Å²) in [6, 6.07) is 26.0. The normalized spacial score (nSPS) is 17.2. The van der Waals surface area contributed by atoms with Crippen molar-refractivity contribution in [3.8, 4) is 28.3 Å². The van der Waals surface area contributed by atoms with Crippen LogP contribution in [0.25, 0.3) is 27.8 Å². The number of hydrogen-bond donors (Lipinski definition) is 0. The maximum Gasteiger partial charge on any atom is 0.236 e. The van der Waals surface area contributed by atoms with E-state index in [2.05, 4.69) is 93.5 Å². The van der Waals surface area contributed by atoms with E-state index in [0.29, 0.717) is 31.1 Å². The van der Waals surface area contributed by atoms with Crippen molar-refractivity contribution < 1.29 is 9.59 Å². The minimum Gasteiger partial charge on any atom is -0.368 e. The fraction of sp³-hybridized carbons (Fsp3) is 0.372. The largest absolute Gasteiger partial charge is 0.368 e. The summed E-state index contributed by atoms with van der Waals surface area (Å²) in [7, 11) is 0. The van der Waals surface area contributed by atoms with Gasteiger partial charge in [0.1, 0.15) is 11.9 Å². The molecule has 5 aromatic rings. The third-order valence-electron chi connectivity index (χ3n) is 11.5. The Labute approximate surface area is 317 Å². The summed E-state index contributed by atoms with van der Waals surface area (Å²) in [6.07, 6.45) is 7.65. The Morgan fingerprint density at radius 2 is 1.43 bits per heavy atom. The van der Waals surface area contributed by atoms with Gasteiger partial charge in [0.25, 0.3) is 0 Å². The number of amides is 2. The lowest BCUT2D eigenvalue weighted by atomic mass is 9.89. The Balaban J connectivity index is 0.899. The molecule has 3 aliphatic heterocycles. The smallest absolute Gasteiger partial charge is 0.236 e. The second-order valence-electron chi connectivity index (χ2n) is 14.9. The van der Waals surface area contributed by atoms with E-state index in [-0.39, 0.29) is 11.8 Å². The summed E-state index contributed by atoms with van der Waals surface area (Å²) in [5.74, 6) is 1.80. The van der Waals surface area contributed by atoms with Gasteiger partial charge in [-0.1, -0.05) is 42.0 Å². The van der Waals surface area contributed by atoms with Crippen LogP contribution in [0, 0.1) is 18.3 Å². The molecule has 6 heterocycles. The van der Waals surface area contributed by atoms with Crippen molar-refractivity contribution in [3.63, 3.8) is 0 Å². The van der Waals surface area contributed by atoms with E-state index >= 15 is 0 Å². The molecular formula is C43H47N9O2. The first-order valence-corrected chi connectivity index (χ1v) is 19.1. The molecule has 3 aliphatic rings. The molecule has 0 unspecified atom stereocenters. The molecule has 2 amide bonds. The van der Waals surface area contributed by atoms with Gasteiger partial charge in [0.2, 0.25) is 11.8 Å². The lowest BCUT2D eigenvalue weighted by Crippen LogP contribution is -2.51. The van der Waals surface area contributed by atoms with Gasteiger partial charge in [-0.15, -0.1) is 0 Å². The van der Waals surface area contributed by atoms with Crippen LogP contribution in [0.5, 0.6) is 0 Å². The van der Waals surface area contributed by atoms with Crippen LogP contribution in [-0.4, -0.2) is 113 Å². The highest BCUT2D eigenvalue weighted by Crippen LogP contribution is 2.34. The standard InChI is InChI=1S/C43H47N9O2/c1-31-3-5-33(6-4-31)35-13-15-47(16-14-35)30-42(54)51-23-19-49(20-24-51)39-10-7-34(8-11-39)37-25-40(43-38(26-44)28-46-52(43)29-37)36-9-12-41(45-27-36)50-21-17-48(18-22-50)32(2)53/h3-12,25,27-29,35H,13-24,30H2,1-2H3. The van der Waals surface area contributed by atoms with Crippen LogP contribution in [0.2, 0.25) is 0 Å². The molecular weight excluding hydrogens is 675 g/mol. The van der Waals surface area contributed by atoms with Crippen LogP contribution in [0.15, 0.2) is 85.3 Å². The molecule has 0 N–H and O–H groups in total. The number of nitrogens with zero attached hydrogens (tertiary/aromatic N) is 9. The van der Waals surface area contributed by atoms with Crippen molar-refractivity contribution in [2.75, 3.05) is 81.8 Å². The van der Waals surface area contributed by atoms with Crippen LogP contribution in [0.3, 0.4) is 0 Å². The zero-order chi connectivity index (χ0) is 37.2. The number of hydrogen-bond acceptors (Lipinski definition) is 8. The van der Waals surface area contributed by atoms with E-state index in [9.17, 15) is 14.9 Å². The quantitative estimate of drug-likeness (QED) is 0.219.